The molecular weight excluding hydrogens is 406 g/mol. The first-order chi connectivity index (χ1) is 14.3. The van der Waals surface area contributed by atoms with E-state index in [1.807, 2.05) is 49.3 Å². The van der Waals surface area contributed by atoms with Gasteiger partial charge in [0.1, 0.15) is 10.6 Å². The van der Waals surface area contributed by atoms with Crippen molar-refractivity contribution in [1.82, 2.24) is 24.6 Å². The van der Waals surface area contributed by atoms with Crippen LogP contribution in [0.3, 0.4) is 0 Å². The fourth-order valence-corrected chi connectivity index (χ4v) is 5.83. The average Bonchev–Trinajstić information content (AvgIpc) is 3.41. The van der Waals surface area contributed by atoms with Gasteiger partial charge in [0.2, 0.25) is 21.8 Å². The summed E-state index contributed by atoms with van der Waals surface area (Å²) in [5.74, 6) is 0.995. The molecule has 0 radical (unpaired) electrons. The molecule has 0 unspecified atom stereocenters. The van der Waals surface area contributed by atoms with Crippen molar-refractivity contribution in [3.05, 3.63) is 47.7 Å². The van der Waals surface area contributed by atoms with Crippen LogP contribution < -0.4 is 0 Å². The fraction of sp³-hybridized carbons (Fsp3) is 0.450. The Labute approximate surface area is 175 Å². The molecule has 2 atom stereocenters. The molecule has 1 fully saturated rings. The highest BCUT2D eigenvalue weighted by Crippen LogP contribution is 2.37. The Morgan fingerprint density at radius 3 is 2.50 bits per heavy atom. The van der Waals surface area contributed by atoms with Crippen molar-refractivity contribution in [3.63, 3.8) is 0 Å². The third kappa shape index (κ3) is 3.78. The first-order valence-electron chi connectivity index (χ1n) is 9.74. The Morgan fingerprint density at radius 2 is 1.87 bits per heavy atom. The van der Waals surface area contributed by atoms with E-state index in [9.17, 15) is 8.42 Å². The molecule has 3 heterocycles. The number of aromatic nitrogens is 3. The predicted molar refractivity (Wildman–Crippen MR) is 109 cm³/mol. The van der Waals surface area contributed by atoms with Gasteiger partial charge in [-0.3, -0.25) is 0 Å². The molecule has 4 rings (SSSR count). The van der Waals surface area contributed by atoms with Crippen LogP contribution in [0.2, 0.25) is 0 Å². The van der Waals surface area contributed by atoms with Crippen molar-refractivity contribution in [2.24, 2.45) is 5.92 Å². The molecule has 160 valence electrons. The number of rotatable bonds is 6. The van der Waals surface area contributed by atoms with Gasteiger partial charge in [-0.1, -0.05) is 23.4 Å². The lowest BCUT2D eigenvalue weighted by Crippen LogP contribution is -2.31. The molecule has 2 aromatic heterocycles. The monoisotopic (exact) mass is 431 g/mol. The lowest BCUT2D eigenvalue weighted by atomic mass is 9.95. The van der Waals surface area contributed by atoms with Gasteiger partial charge in [-0.2, -0.15) is 4.31 Å². The summed E-state index contributed by atoms with van der Waals surface area (Å²) in [4.78, 5) is 2.18. The molecule has 1 aliphatic rings. The van der Waals surface area contributed by atoms with E-state index in [0.717, 1.165) is 5.56 Å². The minimum atomic E-state index is -3.74. The number of nitrogens with zero attached hydrogens (tertiary/aromatic N) is 5. The smallest absolute Gasteiger partial charge is 0.248 e. The summed E-state index contributed by atoms with van der Waals surface area (Å²) in [6, 6.07) is 9.53. The van der Waals surface area contributed by atoms with Crippen LogP contribution in [0, 0.1) is 19.8 Å². The van der Waals surface area contributed by atoms with Crippen LogP contribution in [0.5, 0.6) is 0 Å². The first kappa shape index (κ1) is 20.7. The van der Waals surface area contributed by atoms with Crippen LogP contribution in [0.1, 0.15) is 23.3 Å². The van der Waals surface area contributed by atoms with Gasteiger partial charge < -0.3 is 13.8 Å². The largest absolute Gasteiger partial charge is 0.420 e. The van der Waals surface area contributed by atoms with Crippen LogP contribution >= 0.6 is 0 Å². The maximum atomic E-state index is 13.3. The molecule has 30 heavy (non-hydrogen) atoms. The van der Waals surface area contributed by atoms with Crippen LogP contribution in [-0.2, 0) is 10.0 Å². The molecule has 0 bridgehead atoms. The van der Waals surface area contributed by atoms with Crippen LogP contribution in [0.4, 0.5) is 0 Å². The highest BCUT2D eigenvalue weighted by atomic mass is 32.2. The van der Waals surface area contributed by atoms with E-state index in [1.165, 1.54) is 4.31 Å². The zero-order chi connectivity index (χ0) is 21.5. The summed E-state index contributed by atoms with van der Waals surface area (Å²) in [6.45, 7) is 4.57. The van der Waals surface area contributed by atoms with E-state index in [2.05, 4.69) is 15.4 Å². The lowest BCUT2D eigenvalue weighted by Gasteiger charge is -2.19. The summed E-state index contributed by atoms with van der Waals surface area (Å²) in [5.41, 5.74) is 1.20. The molecule has 1 aromatic carbocycles. The van der Waals surface area contributed by atoms with E-state index in [0.29, 0.717) is 36.3 Å². The van der Waals surface area contributed by atoms with E-state index in [1.54, 1.807) is 13.8 Å². The fourth-order valence-electron chi connectivity index (χ4n) is 4.02. The predicted octanol–water partition coefficient (Wildman–Crippen LogP) is 2.31. The third-order valence-electron chi connectivity index (χ3n) is 5.35. The standard InChI is InChI=1S/C20H25N5O4S/c1-13-18(14(2)29-23-13)30(26,27)25-11-16(10-24(3)4)17(12-25)20-22-21-19(28-20)15-8-6-5-7-9-15/h5-9,16-17H,10-12H2,1-4H3/t16-,17-/m0/s1. The van der Waals surface area contributed by atoms with E-state index >= 15 is 0 Å². The Balaban J connectivity index is 1.65. The van der Waals surface area contributed by atoms with Crippen molar-refractivity contribution in [2.75, 3.05) is 33.7 Å². The zero-order valence-corrected chi connectivity index (χ0v) is 18.3. The number of sulfonamides is 1. The second-order valence-corrected chi connectivity index (χ2v) is 9.79. The van der Waals surface area contributed by atoms with Gasteiger partial charge in [-0.05, 0) is 46.0 Å². The van der Waals surface area contributed by atoms with Gasteiger partial charge in [0.05, 0.1) is 5.92 Å². The quantitative estimate of drug-likeness (QED) is 0.585. The van der Waals surface area contributed by atoms with E-state index in [-0.39, 0.29) is 23.3 Å². The maximum absolute atomic E-state index is 13.3. The SMILES string of the molecule is Cc1noc(C)c1S(=O)(=O)N1C[C@H](CN(C)C)[C@@H](c2nnc(-c3ccccc3)o2)C1. The molecule has 1 aliphatic heterocycles. The second kappa shape index (κ2) is 7.93. The summed E-state index contributed by atoms with van der Waals surface area (Å²) in [6.07, 6.45) is 0. The van der Waals surface area contributed by atoms with Gasteiger partial charge >= 0.3 is 0 Å². The molecule has 9 nitrogen and oxygen atoms in total. The molecule has 1 saturated heterocycles. The zero-order valence-electron chi connectivity index (χ0n) is 17.4. The molecule has 0 aliphatic carbocycles. The molecule has 0 saturated carbocycles. The highest BCUT2D eigenvalue weighted by Gasteiger charge is 2.44. The van der Waals surface area contributed by atoms with Crippen LogP contribution in [0.15, 0.2) is 44.2 Å². The average molecular weight is 432 g/mol. The molecule has 0 N–H and O–H groups in total. The first-order valence-corrected chi connectivity index (χ1v) is 11.2. The van der Waals surface area contributed by atoms with Crippen molar-refractivity contribution in [1.29, 1.82) is 0 Å². The van der Waals surface area contributed by atoms with Crippen molar-refractivity contribution in [3.8, 4) is 11.5 Å². The summed E-state index contributed by atoms with van der Waals surface area (Å²) in [7, 11) is 0.185. The summed E-state index contributed by atoms with van der Waals surface area (Å²) >= 11 is 0. The minimum absolute atomic E-state index is 0.0133. The van der Waals surface area contributed by atoms with Gasteiger partial charge in [0, 0.05) is 25.2 Å². The van der Waals surface area contributed by atoms with Gasteiger partial charge in [0.25, 0.3) is 0 Å². The Hall–Kier alpha value is -2.56. The second-order valence-electron chi connectivity index (χ2n) is 7.92. The summed E-state index contributed by atoms with van der Waals surface area (Å²) < 4.78 is 39.2. The highest BCUT2D eigenvalue weighted by molar-refractivity contribution is 7.89. The van der Waals surface area contributed by atoms with Gasteiger partial charge in [-0.25, -0.2) is 8.42 Å². The normalized spacial score (nSPS) is 20.3. The topological polar surface area (TPSA) is 106 Å². The third-order valence-corrected chi connectivity index (χ3v) is 7.43. The van der Waals surface area contributed by atoms with Gasteiger partial charge in [0.15, 0.2) is 5.76 Å². The van der Waals surface area contributed by atoms with Crippen molar-refractivity contribution in [2.45, 2.75) is 24.7 Å². The molecular formula is C20H25N5O4S. The molecule has 0 amide bonds. The van der Waals surface area contributed by atoms with Crippen LogP contribution in [-0.4, -0.2) is 66.7 Å². The van der Waals surface area contributed by atoms with Crippen molar-refractivity contribution >= 4 is 10.0 Å². The number of hydrogen-bond donors (Lipinski definition) is 0. The molecule has 10 heteroatoms. The lowest BCUT2D eigenvalue weighted by molar-refractivity contribution is 0.300. The number of benzene rings is 1. The Bertz CT molecular complexity index is 1100. The molecule has 0 spiro atoms. The van der Waals surface area contributed by atoms with Gasteiger partial charge in [-0.15, -0.1) is 10.2 Å². The Morgan fingerprint density at radius 1 is 1.13 bits per heavy atom. The van der Waals surface area contributed by atoms with Crippen LogP contribution in [0.25, 0.3) is 11.5 Å². The van der Waals surface area contributed by atoms with E-state index in [4.69, 9.17) is 8.94 Å². The van der Waals surface area contributed by atoms with E-state index < -0.39 is 10.0 Å². The maximum Gasteiger partial charge on any atom is 0.248 e. The molecule has 3 aromatic rings. The van der Waals surface area contributed by atoms with Crippen molar-refractivity contribution < 1.29 is 17.4 Å². The number of aryl methyl sites for hydroxylation is 2. The minimum Gasteiger partial charge on any atom is -0.420 e. The summed E-state index contributed by atoms with van der Waals surface area (Å²) in [5, 5.41) is 12.3. The number of hydrogen-bond acceptors (Lipinski definition) is 8. The Kier molecular flexibility index (Phi) is 5.48.